The Morgan fingerprint density at radius 3 is 1.20 bits per heavy atom. The molecule has 2 aliphatic carbocycles. The molecule has 4 N–H and O–H groups in total. The van der Waals surface area contributed by atoms with Crippen molar-refractivity contribution in [3.05, 3.63) is 48.6 Å². The Balaban J connectivity index is 0.000000443. The normalized spacial score (nSPS) is 34.0. The van der Waals surface area contributed by atoms with Crippen molar-refractivity contribution in [1.29, 1.82) is 0 Å². The Morgan fingerprint density at radius 1 is 0.760 bits per heavy atom. The topological polar surface area (TPSA) is 166 Å². The largest absolute Gasteiger partial charge is 2.00 e. The first-order chi connectivity index (χ1) is 10.8. The summed E-state index contributed by atoms with van der Waals surface area (Å²) in [6.07, 6.45) is 11.9. The minimum absolute atomic E-state index is 0. The molecule has 144 valence electrons. The zero-order chi connectivity index (χ0) is 18.8. The van der Waals surface area contributed by atoms with Crippen LogP contribution >= 0.6 is 0 Å². The van der Waals surface area contributed by atoms with Crippen LogP contribution in [-0.4, -0.2) is 47.5 Å². The van der Waals surface area contributed by atoms with E-state index in [1.807, 2.05) is 0 Å². The SMILES string of the molecule is CC1(S(=O)(=O)[O-])C=CC=CC1N.CC1(S(=O)(=O)[O-])C=CC=CC1N.[Ni+2]. The molecule has 0 saturated carbocycles. The molecule has 2 rings (SSSR count). The summed E-state index contributed by atoms with van der Waals surface area (Å²) in [6, 6.07) is -1.52. The molecule has 0 fully saturated rings. The van der Waals surface area contributed by atoms with E-state index in [9.17, 15) is 25.9 Å². The summed E-state index contributed by atoms with van der Waals surface area (Å²) in [6.45, 7) is 2.64. The van der Waals surface area contributed by atoms with Crippen LogP contribution in [0.1, 0.15) is 13.8 Å². The van der Waals surface area contributed by atoms with Crippen LogP contribution in [0.3, 0.4) is 0 Å². The molecule has 0 aromatic rings. The molecule has 0 heterocycles. The minimum atomic E-state index is -4.39. The Kier molecular flexibility index (Phi) is 7.99. The Bertz CT molecular complexity index is 735. The van der Waals surface area contributed by atoms with E-state index in [2.05, 4.69) is 0 Å². The molecule has 4 unspecified atom stereocenters. The van der Waals surface area contributed by atoms with Gasteiger partial charge in [0.15, 0.2) is 0 Å². The van der Waals surface area contributed by atoms with Crippen LogP contribution < -0.4 is 11.5 Å². The second-order valence-electron chi connectivity index (χ2n) is 5.82. The number of rotatable bonds is 2. The van der Waals surface area contributed by atoms with Gasteiger partial charge in [0.25, 0.3) is 0 Å². The molecule has 8 nitrogen and oxygen atoms in total. The maximum absolute atomic E-state index is 10.8. The fourth-order valence-corrected chi connectivity index (χ4v) is 3.28. The zero-order valence-corrected chi connectivity index (χ0v) is 16.1. The molecule has 0 saturated heterocycles. The third kappa shape index (κ3) is 5.10. The number of hydrogen-bond acceptors (Lipinski definition) is 8. The molecule has 0 amide bonds. The zero-order valence-electron chi connectivity index (χ0n) is 13.5. The van der Waals surface area contributed by atoms with Gasteiger partial charge in [-0.25, -0.2) is 16.8 Å². The van der Waals surface area contributed by atoms with Crippen molar-refractivity contribution < 1.29 is 42.4 Å². The van der Waals surface area contributed by atoms with Crippen LogP contribution in [-0.2, 0) is 36.7 Å². The third-order valence-corrected chi connectivity index (χ3v) is 7.09. The van der Waals surface area contributed by atoms with E-state index >= 15 is 0 Å². The summed E-state index contributed by atoms with van der Waals surface area (Å²) in [5.41, 5.74) is 11.0. The van der Waals surface area contributed by atoms with Crippen molar-refractivity contribution in [1.82, 2.24) is 0 Å². The number of hydrogen-bond donors (Lipinski definition) is 2. The standard InChI is InChI=1S/2C7H11NO3S.Ni/c2*1-7(12(9,10)11)5-3-2-4-6(7)8;/h2*2-6H,8H2,1H3,(H,9,10,11);/q;;+2/p-2. The summed E-state index contributed by atoms with van der Waals surface area (Å²) in [5.74, 6) is 0. The summed E-state index contributed by atoms with van der Waals surface area (Å²) >= 11 is 0. The van der Waals surface area contributed by atoms with Gasteiger partial charge in [0.1, 0.15) is 20.2 Å². The monoisotopic (exact) mass is 434 g/mol. The Labute approximate surface area is 158 Å². The van der Waals surface area contributed by atoms with Gasteiger partial charge in [-0.05, 0) is 13.8 Å². The molecule has 4 atom stereocenters. The first kappa shape index (κ1) is 24.2. The maximum Gasteiger partial charge on any atom is 2.00 e. The molecule has 0 aromatic heterocycles. The van der Waals surface area contributed by atoms with E-state index in [1.165, 1.54) is 50.3 Å². The first-order valence-electron chi connectivity index (χ1n) is 6.90. The summed E-state index contributed by atoms with van der Waals surface area (Å²) < 4.78 is 61.8. The van der Waals surface area contributed by atoms with Crippen molar-refractivity contribution in [3.8, 4) is 0 Å². The van der Waals surface area contributed by atoms with Crippen LogP contribution in [0.4, 0.5) is 0 Å². The molecule has 11 heteroatoms. The summed E-state index contributed by atoms with van der Waals surface area (Å²) in [4.78, 5) is 0. The molecule has 0 radical (unpaired) electrons. The van der Waals surface area contributed by atoms with Gasteiger partial charge in [-0.1, -0.05) is 48.6 Å². The molecule has 0 aromatic carbocycles. The number of allylic oxidation sites excluding steroid dienone is 4. The second-order valence-corrected chi connectivity index (χ2v) is 9.39. The van der Waals surface area contributed by atoms with Gasteiger partial charge in [-0.3, -0.25) is 0 Å². The fraction of sp³-hybridized carbons (Fsp3) is 0.429. The molecular formula is C14H20N2NiO6S2. The van der Waals surface area contributed by atoms with Crippen molar-refractivity contribution in [2.24, 2.45) is 11.5 Å². The minimum Gasteiger partial charge on any atom is -0.747 e. The Morgan fingerprint density at radius 2 is 1.04 bits per heavy atom. The van der Waals surface area contributed by atoms with E-state index in [-0.39, 0.29) is 16.5 Å². The maximum atomic E-state index is 10.8. The van der Waals surface area contributed by atoms with Crippen molar-refractivity contribution in [2.75, 3.05) is 0 Å². The number of nitrogens with two attached hydrogens (primary N) is 2. The van der Waals surface area contributed by atoms with Crippen molar-refractivity contribution in [3.63, 3.8) is 0 Å². The van der Waals surface area contributed by atoms with E-state index in [0.717, 1.165) is 0 Å². The summed E-state index contributed by atoms with van der Waals surface area (Å²) in [7, 11) is -8.78. The molecule has 0 aliphatic heterocycles. The predicted molar refractivity (Wildman–Crippen MR) is 88.7 cm³/mol. The first-order valence-corrected chi connectivity index (χ1v) is 9.71. The average Bonchev–Trinajstić information content (AvgIpc) is 2.44. The van der Waals surface area contributed by atoms with Crippen molar-refractivity contribution in [2.45, 2.75) is 35.4 Å². The van der Waals surface area contributed by atoms with Crippen LogP contribution in [0.5, 0.6) is 0 Å². The molecule has 0 spiro atoms. The van der Waals surface area contributed by atoms with Gasteiger partial charge in [0.2, 0.25) is 0 Å². The van der Waals surface area contributed by atoms with Gasteiger partial charge in [0, 0.05) is 12.1 Å². The third-order valence-electron chi connectivity index (χ3n) is 4.11. The van der Waals surface area contributed by atoms with E-state index in [4.69, 9.17) is 11.5 Å². The van der Waals surface area contributed by atoms with Crippen LogP contribution in [0.2, 0.25) is 0 Å². The van der Waals surface area contributed by atoms with E-state index in [0.29, 0.717) is 0 Å². The van der Waals surface area contributed by atoms with Gasteiger partial charge in [0.05, 0.1) is 9.49 Å². The predicted octanol–water partition coefficient (Wildman–Crippen LogP) is -0.515. The quantitative estimate of drug-likeness (QED) is 0.432. The van der Waals surface area contributed by atoms with Crippen LogP contribution in [0.25, 0.3) is 0 Å². The van der Waals surface area contributed by atoms with Gasteiger partial charge in [-0.15, -0.1) is 0 Å². The van der Waals surface area contributed by atoms with Gasteiger partial charge >= 0.3 is 16.5 Å². The second kappa shape index (κ2) is 8.26. The van der Waals surface area contributed by atoms with Gasteiger partial charge in [-0.2, -0.15) is 0 Å². The summed E-state index contributed by atoms with van der Waals surface area (Å²) in [5, 5.41) is 0. The van der Waals surface area contributed by atoms with Crippen LogP contribution in [0, 0.1) is 0 Å². The van der Waals surface area contributed by atoms with E-state index in [1.54, 1.807) is 12.2 Å². The van der Waals surface area contributed by atoms with Gasteiger partial charge < -0.3 is 20.6 Å². The fourth-order valence-electron chi connectivity index (χ4n) is 1.97. The molecule has 0 bridgehead atoms. The van der Waals surface area contributed by atoms with Crippen LogP contribution in [0.15, 0.2) is 48.6 Å². The van der Waals surface area contributed by atoms with Crippen molar-refractivity contribution >= 4 is 20.2 Å². The van der Waals surface area contributed by atoms with E-state index < -0.39 is 41.8 Å². The molecule has 2 aliphatic rings. The molecular weight excluding hydrogens is 415 g/mol. The average molecular weight is 435 g/mol. The molecule has 25 heavy (non-hydrogen) atoms. The Hall–Kier alpha value is -0.806. The smallest absolute Gasteiger partial charge is 0.747 e.